The number of nitrogens with zero attached hydrogens (tertiary/aromatic N) is 2. The van der Waals surface area contributed by atoms with Gasteiger partial charge in [0.25, 0.3) is 0 Å². The second kappa shape index (κ2) is 10.4. The van der Waals surface area contributed by atoms with Gasteiger partial charge >= 0.3 is 0 Å². The van der Waals surface area contributed by atoms with Gasteiger partial charge in [-0.3, -0.25) is 0 Å². The first-order valence-electron chi connectivity index (χ1n) is 12.3. The molecule has 0 fully saturated rings. The summed E-state index contributed by atoms with van der Waals surface area (Å²) >= 11 is 0. The number of anilines is 2. The molecule has 0 aliphatic heterocycles. The number of benzene rings is 4. The Labute approximate surface area is 216 Å². The lowest BCUT2D eigenvalue weighted by Crippen LogP contribution is -2.25. The van der Waals surface area contributed by atoms with Crippen molar-refractivity contribution in [3.05, 3.63) is 137 Å². The Hall–Kier alpha value is -3.82. The molecule has 0 saturated carbocycles. The summed E-state index contributed by atoms with van der Waals surface area (Å²) in [4.78, 5) is 4.16. The molecular weight excluding hydrogens is 440 g/mol. The van der Waals surface area contributed by atoms with E-state index in [4.69, 9.17) is 0 Å². The fraction of sp³-hybridized carbons (Fsp3) is 0.212. The molecule has 36 heavy (non-hydrogen) atoms. The molecule has 0 amide bonds. The van der Waals surface area contributed by atoms with Crippen LogP contribution in [0.4, 0.5) is 11.4 Å². The third kappa shape index (κ3) is 5.37. The van der Waals surface area contributed by atoms with Crippen LogP contribution in [-0.4, -0.2) is 33.3 Å². The molecule has 0 aliphatic rings. The van der Waals surface area contributed by atoms with Gasteiger partial charge in [0.15, 0.2) is 0 Å². The van der Waals surface area contributed by atoms with Crippen molar-refractivity contribution in [3.63, 3.8) is 0 Å². The van der Waals surface area contributed by atoms with Gasteiger partial charge in [-0.05, 0) is 72.0 Å². The van der Waals surface area contributed by atoms with Crippen molar-refractivity contribution < 1.29 is 5.11 Å². The van der Waals surface area contributed by atoms with Gasteiger partial charge in [-0.25, -0.2) is 0 Å². The van der Waals surface area contributed by atoms with Gasteiger partial charge in [-0.15, -0.1) is 0 Å². The number of rotatable bonds is 7. The Morgan fingerprint density at radius 2 is 0.889 bits per heavy atom. The molecule has 0 aromatic heterocycles. The van der Waals surface area contributed by atoms with Gasteiger partial charge in [0.1, 0.15) is 5.60 Å². The molecule has 4 aromatic carbocycles. The number of hydrogen-bond donors (Lipinski definition) is 1. The fourth-order valence-corrected chi connectivity index (χ4v) is 4.37. The van der Waals surface area contributed by atoms with Crippen LogP contribution < -0.4 is 9.80 Å². The molecule has 0 spiro atoms. The predicted octanol–water partition coefficient (Wildman–Crippen LogP) is 6.80. The van der Waals surface area contributed by atoms with E-state index in [0.717, 1.165) is 44.8 Å². The van der Waals surface area contributed by atoms with Gasteiger partial charge in [0.2, 0.25) is 0 Å². The molecule has 0 bridgehead atoms. The van der Waals surface area contributed by atoms with E-state index in [-0.39, 0.29) is 0 Å². The fourth-order valence-electron chi connectivity index (χ4n) is 4.37. The summed E-state index contributed by atoms with van der Waals surface area (Å²) in [5.41, 5.74) is 8.03. The molecule has 1 N–H and O–H groups in total. The zero-order valence-electron chi connectivity index (χ0n) is 22.2. The van der Waals surface area contributed by atoms with Crippen molar-refractivity contribution in [2.75, 3.05) is 38.0 Å². The summed E-state index contributed by atoms with van der Waals surface area (Å²) in [6.45, 7) is 4.16. The molecular formula is C33H36N2O. The van der Waals surface area contributed by atoms with Crippen LogP contribution in [0.2, 0.25) is 0 Å². The highest BCUT2D eigenvalue weighted by Crippen LogP contribution is 2.37. The zero-order chi connectivity index (χ0) is 25.9. The van der Waals surface area contributed by atoms with Gasteiger partial charge in [-0.1, -0.05) is 83.9 Å². The Balaban J connectivity index is 1.95. The van der Waals surface area contributed by atoms with Crippen LogP contribution in [0.3, 0.4) is 0 Å². The van der Waals surface area contributed by atoms with Gasteiger partial charge in [-0.2, -0.15) is 0 Å². The highest BCUT2D eigenvalue weighted by Gasteiger charge is 2.30. The van der Waals surface area contributed by atoms with Crippen molar-refractivity contribution in [2.24, 2.45) is 0 Å². The van der Waals surface area contributed by atoms with Crippen LogP contribution in [0.25, 0.3) is 5.57 Å². The van der Waals surface area contributed by atoms with E-state index in [2.05, 4.69) is 96.4 Å². The van der Waals surface area contributed by atoms with Crippen LogP contribution in [0.1, 0.15) is 33.4 Å². The van der Waals surface area contributed by atoms with Crippen LogP contribution in [-0.2, 0) is 5.60 Å². The first-order chi connectivity index (χ1) is 17.2. The lowest BCUT2D eigenvalue weighted by atomic mass is 9.82. The molecule has 4 rings (SSSR count). The first kappa shape index (κ1) is 25.3. The molecule has 0 saturated heterocycles. The summed E-state index contributed by atoms with van der Waals surface area (Å²) in [6, 6.07) is 33.3. The highest BCUT2D eigenvalue weighted by atomic mass is 16.3. The minimum atomic E-state index is -1.32. The molecule has 0 heterocycles. The van der Waals surface area contributed by atoms with Crippen LogP contribution in [0.15, 0.2) is 103 Å². The Morgan fingerprint density at radius 1 is 0.556 bits per heavy atom. The van der Waals surface area contributed by atoms with Crippen molar-refractivity contribution >= 4 is 16.9 Å². The van der Waals surface area contributed by atoms with Crippen LogP contribution in [0, 0.1) is 13.8 Å². The Kier molecular flexibility index (Phi) is 7.32. The Bertz CT molecular complexity index is 1320. The largest absolute Gasteiger partial charge is 0.378 e. The average molecular weight is 477 g/mol. The monoisotopic (exact) mass is 476 g/mol. The highest BCUT2D eigenvalue weighted by molar-refractivity contribution is 5.82. The zero-order valence-corrected chi connectivity index (χ0v) is 22.2. The molecule has 3 heteroatoms. The lowest BCUT2D eigenvalue weighted by molar-refractivity contribution is 0.135. The van der Waals surface area contributed by atoms with Gasteiger partial charge < -0.3 is 14.9 Å². The minimum Gasteiger partial charge on any atom is -0.378 e. The standard InChI is InChI=1S/C33H36N2O/c1-24-7-11-26(12-8-24)32(27-13-19-30(20-14-27)34(3)4)23-33(36,28-15-9-25(2)10-16-28)29-17-21-31(22-18-29)35(5)6/h7-23,36H,1-6H3. The van der Waals surface area contributed by atoms with E-state index >= 15 is 0 Å². The van der Waals surface area contributed by atoms with E-state index in [0.29, 0.717) is 0 Å². The maximum Gasteiger partial charge on any atom is 0.134 e. The average Bonchev–Trinajstić information content (AvgIpc) is 2.88. The molecule has 0 radical (unpaired) electrons. The second-order valence-electron chi connectivity index (χ2n) is 9.94. The summed E-state index contributed by atoms with van der Waals surface area (Å²) in [6.07, 6.45) is 2.01. The molecule has 184 valence electrons. The summed E-state index contributed by atoms with van der Waals surface area (Å²) in [7, 11) is 8.13. The smallest absolute Gasteiger partial charge is 0.134 e. The van der Waals surface area contributed by atoms with E-state index in [1.54, 1.807) is 0 Å². The SMILES string of the molecule is Cc1ccc(C(=CC(O)(c2ccc(C)cc2)c2ccc(N(C)C)cc2)c2ccc(N(C)C)cc2)cc1. The quantitative estimate of drug-likeness (QED) is 0.318. The lowest BCUT2D eigenvalue weighted by Gasteiger charge is -2.29. The number of aryl methyl sites for hydroxylation is 2. The van der Waals surface area contributed by atoms with Crippen molar-refractivity contribution in [2.45, 2.75) is 19.4 Å². The maximum absolute atomic E-state index is 12.5. The third-order valence-corrected chi connectivity index (χ3v) is 6.73. The normalized spacial score (nSPS) is 13.2. The minimum absolute atomic E-state index is 0.825. The topological polar surface area (TPSA) is 26.7 Å². The van der Waals surface area contributed by atoms with E-state index in [9.17, 15) is 5.11 Å². The Morgan fingerprint density at radius 3 is 1.31 bits per heavy atom. The summed E-state index contributed by atoms with van der Waals surface area (Å²) < 4.78 is 0. The van der Waals surface area contributed by atoms with Gasteiger partial charge in [0, 0.05) is 39.6 Å². The van der Waals surface area contributed by atoms with Crippen molar-refractivity contribution in [1.82, 2.24) is 0 Å². The number of hydrogen-bond acceptors (Lipinski definition) is 3. The van der Waals surface area contributed by atoms with E-state index < -0.39 is 5.60 Å². The van der Waals surface area contributed by atoms with E-state index in [1.165, 1.54) is 5.56 Å². The third-order valence-electron chi connectivity index (χ3n) is 6.73. The van der Waals surface area contributed by atoms with Crippen molar-refractivity contribution in [3.8, 4) is 0 Å². The van der Waals surface area contributed by atoms with E-state index in [1.807, 2.05) is 58.5 Å². The van der Waals surface area contributed by atoms with Crippen LogP contribution >= 0.6 is 0 Å². The van der Waals surface area contributed by atoms with Gasteiger partial charge in [0.05, 0.1) is 0 Å². The second-order valence-corrected chi connectivity index (χ2v) is 9.94. The molecule has 1 unspecified atom stereocenters. The molecule has 3 nitrogen and oxygen atoms in total. The maximum atomic E-state index is 12.5. The first-order valence-corrected chi connectivity index (χ1v) is 12.3. The summed E-state index contributed by atoms with van der Waals surface area (Å²) in [5, 5.41) is 12.5. The summed E-state index contributed by atoms with van der Waals surface area (Å²) in [5.74, 6) is 0. The molecule has 0 aliphatic carbocycles. The van der Waals surface area contributed by atoms with Crippen molar-refractivity contribution in [1.29, 1.82) is 0 Å². The van der Waals surface area contributed by atoms with Crippen LogP contribution in [0.5, 0.6) is 0 Å². The molecule has 1 atom stereocenters. The molecule has 4 aromatic rings. The predicted molar refractivity (Wildman–Crippen MR) is 154 cm³/mol. The number of aliphatic hydroxyl groups is 1.